The van der Waals surface area contributed by atoms with Gasteiger partial charge in [0, 0.05) is 55.3 Å². The Hall–Kier alpha value is -3.38. The van der Waals surface area contributed by atoms with Crippen molar-refractivity contribution in [1.82, 2.24) is 38.8 Å². The van der Waals surface area contributed by atoms with Crippen LogP contribution in [0.4, 0.5) is 0 Å². The number of rotatable bonds is 4. The molecule has 166 valence electrons. The van der Waals surface area contributed by atoms with E-state index in [0.717, 1.165) is 11.4 Å². The summed E-state index contributed by atoms with van der Waals surface area (Å²) in [6, 6.07) is 5.33. The SMILES string of the molecule is Cc1cc(C)n2nc(CC(=O)N3CCN(S(=O)(=O)c4c[nH]c5ncccc45)CC3)nc2n1. The summed E-state index contributed by atoms with van der Waals surface area (Å²) in [5.41, 5.74) is 2.26. The van der Waals surface area contributed by atoms with Gasteiger partial charge in [-0.05, 0) is 32.0 Å². The van der Waals surface area contributed by atoms with Crippen LogP contribution in [0.25, 0.3) is 16.8 Å². The zero-order valence-corrected chi connectivity index (χ0v) is 18.5. The average Bonchev–Trinajstić information content (AvgIpc) is 3.38. The van der Waals surface area contributed by atoms with Crippen molar-refractivity contribution in [2.24, 2.45) is 0 Å². The molecule has 1 saturated heterocycles. The van der Waals surface area contributed by atoms with Crippen LogP contribution in [0.3, 0.4) is 0 Å². The van der Waals surface area contributed by atoms with Crippen LogP contribution < -0.4 is 0 Å². The average molecular weight is 455 g/mol. The van der Waals surface area contributed by atoms with Crippen LogP contribution in [-0.4, -0.2) is 79.3 Å². The molecule has 0 spiro atoms. The third kappa shape index (κ3) is 3.50. The maximum atomic E-state index is 13.1. The maximum Gasteiger partial charge on any atom is 0.252 e. The van der Waals surface area contributed by atoms with Crippen molar-refractivity contribution in [1.29, 1.82) is 0 Å². The summed E-state index contributed by atoms with van der Waals surface area (Å²) in [7, 11) is -3.69. The van der Waals surface area contributed by atoms with Gasteiger partial charge in [-0.3, -0.25) is 4.79 Å². The first kappa shape index (κ1) is 20.5. The second kappa shape index (κ2) is 7.64. The van der Waals surface area contributed by atoms with E-state index in [1.165, 1.54) is 10.5 Å². The maximum absolute atomic E-state index is 13.1. The van der Waals surface area contributed by atoms with Gasteiger partial charge in [-0.25, -0.2) is 22.9 Å². The van der Waals surface area contributed by atoms with Gasteiger partial charge in [-0.1, -0.05) is 0 Å². The second-order valence-corrected chi connectivity index (χ2v) is 9.70. The highest BCUT2D eigenvalue weighted by atomic mass is 32.2. The third-order valence-corrected chi connectivity index (χ3v) is 7.53. The summed E-state index contributed by atoms with van der Waals surface area (Å²) in [5, 5.41) is 4.94. The number of pyridine rings is 1. The van der Waals surface area contributed by atoms with Gasteiger partial charge in [0.15, 0.2) is 5.82 Å². The molecule has 1 aliphatic rings. The van der Waals surface area contributed by atoms with Gasteiger partial charge in [0.1, 0.15) is 10.5 Å². The Bertz CT molecular complexity index is 1430. The van der Waals surface area contributed by atoms with Crippen molar-refractivity contribution in [3.05, 3.63) is 47.8 Å². The molecule has 0 atom stereocenters. The lowest BCUT2D eigenvalue weighted by Gasteiger charge is -2.33. The van der Waals surface area contributed by atoms with Crippen LogP contribution >= 0.6 is 0 Å². The Kier molecular flexibility index (Phi) is 4.90. The number of aromatic amines is 1. The molecule has 0 bridgehead atoms. The molecular formula is C20H22N8O3S. The number of carbonyl (C=O) groups excluding carboxylic acids is 1. The van der Waals surface area contributed by atoms with E-state index in [4.69, 9.17) is 0 Å². The lowest BCUT2D eigenvalue weighted by atomic mass is 10.3. The fourth-order valence-electron chi connectivity index (χ4n) is 3.99. The highest BCUT2D eigenvalue weighted by Gasteiger charge is 2.32. The molecule has 1 N–H and O–H groups in total. The molecule has 4 aromatic heterocycles. The fourth-order valence-corrected chi connectivity index (χ4v) is 5.56. The molecule has 0 aliphatic carbocycles. The van der Waals surface area contributed by atoms with Gasteiger partial charge in [0.05, 0.1) is 6.42 Å². The minimum absolute atomic E-state index is 0.0444. The van der Waals surface area contributed by atoms with Gasteiger partial charge in [-0.2, -0.15) is 9.29 Å². The predicted octanol–water partition coefficient (Wildman–Crippen LogP) is 0.693. The molecule has 5 rings (SSSR count). The van der Waals surface area contributed by atoms with E-state index in [1.807, 2.05) is 19.9 Å². The van der Waals surface area contributed by atoms with Gasteiger partial charge in [-0.15, -0.1) is 5.10 Å². The number of H-pyrrole nitrogens is 1. The van der Waals surface area contributed by atoms with E-state index in [1.54, 1.807) is 27.7 Å². The lowest BCUT2D eigenvalue weighted by molar-refractivity contribution is -0.131. The normalized spacial score (nSPS) is 15.6. The van der Waals surface area contributed by atoms with Crippen molar-refractivity contribution >= 4 is 32.7 Å². The number of hydrogen-bond acceptors (Lipinski definition) is 7. The number of nitrogens with one attached hydrogen (secondary N) is 1. The number of hydrogen-bond donors (Lipinski definition) is 1. The zero-order chi connectivity index (χ0) is 22.5. The van der Waals surface area contributed by atoms with Crippen molar-refractivity contribution in [3.8, 4) is 0 Å². The number of amides is 1. The molecule has 1 amide bonds. The summed E-state index contributed by atoms with van der Waals surface area (Å²) in [4.78, 5) is 30.4. The molecule has 4 aromatic rings. The first-order valence-electron chi connectivity index (χ1n) is 10.2. The number of fused-ring (bicyclic) bond motifs is 2. The molecular weight excluding hydrogens is 432 g/mol. The van der Waals surface area contributed by atoms with Crippen molar-refractivity contribution < 1.29 is 13.2 Å². The van der Waals surface area contributed by atoms with Gasteiger partial charge < -0.3 is 9.88 Å². The van der Waals surface area contributed by atoms with Crippen LogP contribution in [0.2, 0.25) is 0 Å². The van der Waals surface area contributed by atoms with Crippen LogP contribution in [0.15, 0.2) is 35.5 Å². The number of sulfonamides is 1. The van der Waals surface area contributed by atoms with E-state index in [2.05, 4.69) is 25.0 Å². The number of carbonyl (C=O) groups is 1. The number of piperazine rings is 1. The van der Waals surface area contributed by atoms with Crippen molar-refractivity contribution in [2.75, 3.05) is 26.2 Å². The molecule has 1 aliphatic heterocycles. The molecule has 5 heterocycles. The fraction of sp³-hybridized carbons (Fsp3) is 0.350. The zero-order valence-electron chi connectivity index (χ0n) is 17.7. The summed E-state index contributed by atoms with van der Waals surface area (Å²) in [5.74, 6) is 0.732. The highest BCUT2D eigenvalue weighted by Crippen LogP contribution is 2.25. The molecule has 0 saturated carbocycles. The van der Waals surface area contributed by atoms with E-state index < -0.39 is 10.0 Å². The molecule has 12 heteroatoms. The summed E-state index contributed by atoms with van der Waals surface area (Å²) < 4.78 is 29.3. The van der Waals surface area contributed by atoms with Crippen molar-refractivity contribution in [3.63, 3.8) is 0 Å². The Morgan fingerprint density at radius 1 is 1.16 bits per heavy atom. The van der Waals surface area contributed by atoms with E-state index >= 15 is 0 Å². The van der Waals surface area contributed by atoms with Crippen LogP contribution in [0.1, 0.15) is 17.2 Å². The quantitative estimate of drug-likeness (QED) is 0.480. The Labute approximate surface area is 184 Å². The highest BCUT2D eigenvalue weighted by molar-refractivity contribution is 7.89. The monoisotopic (exact) mass is 454 g/mol. The number of aromatic nitrogens is 6. The van der Waals surface area contributed by atoms with Crippen molar-refractivity contribution in [2.45, 2.75) is 25.2 Å². The summed E-state index contributed by atoms with van der Waals surface area (Å²) >= 11 is 0. The topological polar surface area (TPSA) is 129 Å². The van der Waals surface area contributed by atoms with E-state index in [9.17, 15) is 13.2 Å². The third-order valence-electron chi connectivity index (χ3n) is 5.59. The molecule has 32 heavy (non-hydrogen) atoms. The van der Waals surface area contributed by atoms with Gasteiger partial charge >= 0.3 is 0 Å². The van der Waals surface area contributed by atoms with Crippen LogP contribution in [-0.2, 0) is 21.2 Å². The summed E-state index contributed by atoms with van der Waals surface area (Å²) in [6.07, 6.45) is 3.12. The molecule has 0 aromatic carbocycles. The molecule has 0 unspecified atom stereocenters. The Morgan fingerprint density at radius 3 is 2.72 bits per heavy atom. The van der Waals surface area contributed by atoms with Gasteiger partial charge in [0.2, 0.25) is 15.9 Å². The summed E-state index contributed by atoms with van der Waals surface area (Å²) in [6.45, 7) is 4.85. The Morgan fingerprint density at radius 2 is 1.94 bits per heavy atom. The lowest BCUT2D eigenvalue weighted by Crippen LogP contribution is -2.50. The molecule has 11 nitrogen and oxygen atoms in total. The number of nitrogens with zero attached hydrogens (tertiary/aromatic N) is 7. The standard InChI is InChI=1S/C20H22N8O3S/c1-13-10-14(2)28-20(23-13)24-17(25-28)11-18(29)26-6-8-27(9-7-26)32(30,31)16-12-22-19-15(16)4-3-5-21-19/h3-5,10,12H,6-9,11H2,1-2H3,(H,21,22). The Balaban J connectivity index is 1.27. The molecule has 0 radical (unpaired) electrons. The minimum Gasteiger partial charge on any atom is -0.345 e. The van der Waals surface area contributed by atoms with Crippen LogP contribution in [0.5, 0.6) is 0 Å². The first-order valence-corrected chi connectivity index (χ1v) is 11.7. The predicted molar refractivity (Wildman–Crippen MR) is 115 cm³/mol. The van der Waals surface area contributed by atoms with E-state index in [0.29, 0.717) is 35.7 Å². The second-order valence-electron chi connectivity index (χ2n) is 7.79. The smallest absolute Gasteiger partial charge is 0.252 e. The minimum atomic E-state index is -3.69. The number of aryl methyl sites for hydroxylation is 2. The van der Waals surface area contributed by atoms with Crippen LogP contribution in [0, 0.1) is 13.8 Å². The largest absolute Gasteiger partial charge is 0.345 e. The van der Waals surface area contributed by atoms with E-state index in [-0.39, 0.29) is 30.3 Å². The first-order chi connectivity index (χ1) is 15.3. The van der Waals surface area contributed by atoms with Gasteiger partial charge in [0.25, 0.3) is 5.78 Å². The molecule has 1 fully saturated rings.